The molecule has 0 bridgehead atoms. The number of allylic oxidation sites excluding steroid dienone is 1. The van der Waals surface area contributed by atoms with Crippen LogP contribution in [0.2, 0.25) is 0 Å². The Hall–Kier alpha value is -2.64. The Balaban J connectivity index is 1.52. The average Bonchev–Trinajstić information content (AvgIpc) is 3.12. The van der Waals surface area contributed by atoms with Gasteiger partial charge in [0.15, 0.2) is 0 Å². The van der Waals surface area contributed by atoms with E-state index in [-0.39, 0.29) is 5.92 Å². The molecule has 0 radical (unpaired) electrons. The van der Waals surface area contributed by atoms with Gasteiger partial charge in [-0.05, 0) is 44.1 Å². The maximum Gasteiger partial charge on any atom is 0.118 e. The van der Waals surface area contributed by atoms with E-state index in [1.165, 1.54) is 0 Å². The highest BCUT2D eigenvalue weighted by Crippen LogP contribution is 2.26. The van der Waals surface area contributed by atoms with E-state index >= 15 is 0 Å². The first-order chi connectivity index (χ1) is 14.5. The van der Waals surface area contributed by atoms with Gasteiger partial charge in [0.05, 0.1) is 11.2 Å². The van der Waals surface area contributed by atoms with E-state index in [4.69, 9.17) is 5.73 Å². The molecule has 0 aliphatic carbocycles. The van der Waals surface area contributed by atoms with E-state index in [0.29, 0.717) is 11.5 Å². The summed E-state index contributed by atoms with van der Waals surface area (Å²) in [6, 6.07) is 6.00. The second-order valence-corrected chi connectivity index (χ2v) is 8.22. The minimum atomic E-state index is 0.278. The molecule has 1 fully saturated rings. The lowest BCUT2D eigenvalue weighted by Gasteiger charge is -2.32. The summed E-state index contributed by atoms with van der Waals surface area (Å²) in [6.07, 6.45) is 6.56. The zero-order chi connectivity index (χ0) is 21.5. The van der Waals surface area contributed by atoms with Crippen LogP contribution < -0.4 is 11.1 Å². The molecule has 1 aliphatic rings. The van der Waals surface area contributed by atoms with Crippen molar-refractivity contribution < 1.29 is 0 Å². The minimum absolute atomic E-state index is 0.278. The van der Waals surface area contributed by atoms with Crippen LogP contribution in [0.5, 0.6) is 0 Å². The van der Waals surface area contributed by atoms with Crippen LogP contribution in [0.3, 0.4) is 0 Å². The molecule has 1 saturated heterocycles. The smallest absolute Gasteiger partial charge is 0.118 e. The van der Waals surface area contributed by atoms with Crippen LogP contribution in [0.1, 0.15) is 37.4 Å². The Morgan fingerprint density at radius 3 is 2.80 bits per heavy atom. The molecule has 0 amide bonds. The largest absolute Gasteiger partial charge is 0.398 e. The van der Waals surface area contributed by atoms with Crippen LogP contribution >= 0.6 is 0 Å². The molecule has 0 atom stereocenters. The Kier molecular flexibility index (Phi) is 7.65. The summed E-state index contributed by atoms with van der Waals surface area (Å²) in [5.41, 5.74) is 10.0. The molecule has 0 unspecified atom stereocenters. The van der Waals surface area contributed by atoms with Gasteiger partial charge >= 0.3 is 0 Å². The number of pyridine rings is 1. The van der Waals surface area contributed by atoms with Crippen molar-refractivity contribution in [2.75, 3.05) is 46.3 Å². The standard InChI is InChI=1S/C23H35N7/c1-18(2)23-22(21-8-5-6-13-30(21)27-23)20(24)9-11-26-19(3)25-10-7-12-29-16-14-28(4)15-17-29/h5-6,8-9,11,13,18,25H,3,7,10,12,14-17,24H2,1-2,4H3/b20-9-,26-11-. The van der Waals surface area contributed by atoms with Crippen molar-refractivity contribution in [1.82, 2.24) is 24.7 Å². The van der Waals surface area contributed by atoms with E-state index in [1.807, 2.05) is 35.0 Å². The summed E-state index contributed by atoms with van der Waals surface area (Å²) < 4.78 is 1.88. The zero-order valence-corrected chi connectivity index (χ0v) is 18.5. The second-order valence-electron chi connectivity index (χ2n) is 8.22. The van der Waals surface area contributed by atoms with Crippen molar-refractivity contribution in [2.24, 2.45) is 10.7 Å². The second kappa shape index (κ2) is 10.4. The van der Waals surface area contributed by atoms with E-state index in [0.717, 1.165) is 62.5 Å². The molecule has 0 spiro atoms. The van der Waals surface area contributed by atoms with Crippen molar-refractivity contribution in [3.05, 3.63) is 54.1 Å². The highest BCUT2D eigenvalue weighted by atomic mass is 15.2. The number of nitrogens with one attached hydrogen (secondary N) is 1. The fourth-order valence-corrected chi connectivity index (χ4v) is 3.66. The lowest BCUT2D eigenvalue weighted by atomic mass is 10.0. The monoisotopic (exact) mass is 409 g/mol. The molecular weight excluding hydrogens is 374 g/mol. The molecule has 3 heterocycles. The summed E-state index contributed by atoms with van der Waals surface area (Å²) in [5.74, 6) is 0.932. The predicted molar refractivity (Wildman–Crippen MR) is 126 cm³/mol. The van der Waals surface area contributed by atoms with Crippen molar-refractivity contribution in [2.45, 2.75) is 26.2 Å². The summed E-state index contributed by atoms with van der Waals surface area (Å²) >= 11 is 0. The van der Waals surface area contributed by atoms with Gasteiger partial charge in [0.2, 0.25) is 0 Å². The molecule has 7 heteroatoms. The molecule has 2 aromatic heterocycles. The van der Waals surface area contributed by atoms with Gasteiger partial charge in [-0.25, -0.2) is 9.51 Å². The number of nitrogens with two attached hydrogens (primary N) is 1. The van der Waals surface area contributed by atoms with Gasteiger partial charge in [-0.15, -0.1) is 0 Å². The summed E-state index contributed by atoms with van der Waals surface area (Å²) in [5, 5.41) is 7.97. The van der Waals surface area contributed by atoms with Crippen molar-refractivity contribution in [3.8, 4) is 0 Å². The zero-order valence-electron chi connectivity index (χ0n) is 18.5. The Morgan fingerprint density at radius 2 is 2.07 bits per heavy atom. The maximum atomic E-state index is 6.40. The van der Waals surface area contributed by atoms with Crippen molar-refractivity contribution in [3.63, 3.8) is 0 Å². The van der Waals surface area contributed by atoms with Crippen LogP contribution in [0.15, 0.2) is 47.9 Å². The van der Waals surface area contributed by atoms with Gasteiger partial charge < -0.3 is 20.9 Å². The quantitative estimate of drug-likeness (QED) is 0.492. The number of rotatable bonds is 9. The lowest BCUT2D eigenvalue weighted by Crippen LogP contribution is -2.45. The first kappa shape index (κ1) is 22.1. The molecule has 1 aliphatic heterocycles. The predicted octanol–water partition coefficient (Wildman–Crippen LogP) is 2.53. The average molecular weight is 410 g/mol. The van der Waals surface area contributed by atoms with Crippen LogP contribution in [0, 0.1) is 0 Å². The molecule has 7 nitrogen and oxygen atoms in total. The molecule has 0 aromatic carbocycles. The molecule has 30 heavy (non-hydrogen) atoms. The Morgan fingerprint density at radius 1 is 1.30 bits per heavy atom. The molecular formula is C23H35N7. The van der Waals surface area contributed by atoms with Gasteiger partial charge in [-0.1, -0.05) is 26.5 Å². The van der Waals surface area contributed by atoms with Gasteiger partial charge in [-0.3, -0.25) is 0 Å². The number of likely N-dealkylation sites (N-methyl/N-ethyl adjacent to an activating group) is 1. The summed E-state index contributed by atoms with van der Waals surface area (Å²) in [6.45, 7) is 14.8. The van der Waals surface area contributed by atoms with Crippen molar-refractivity contribution in [1.29, 1.82) is 0 Å². The van der Waals surface area contributed by atoms with Crippen molar-refractivity contribution >= 4 is 17.4 Å². The number of hydrogen-bond acceptors (Lipinski definition) is 6. The maximum absolute atomic E-state index is 6.40. The van der Waals surface area contributed by atoms with E-state index in [1.54, 1.807) is 6.21 Å². The van der Waals surface area contributed by atoms with Crippen LogP contribution in [0.25, 0.3) is 11.2 Å². The van der Waals surface area contributed by atoms with Gasteiger partial charge in [0, 0.05) is 56.4 Å². The van der Waals surface area contributed by atoms with E-state index < -0.39 is 0 Å². The highest BCUT2D eigenvalue weighted by molar-refractivity contribution is 5.89. The Bertz CT molecular complexity index is 901. The molecule has 3 rings (SSSR count). The first-order valence-corrected chi connectivity index (χ1v) is 10.8. The number of piperazine rings is 1. The fourth-order valence-electron chi connectivity index (χ4n) is 3.66. The number of nitrogens with zero attached hydrogens (tertiary/aromatic N) is 5. The lowest BCUT2D eigenvalue weighted by molar-refractivity contribution is 0.153. The third-order valence-electron chi connectivity index (χ3n) is 5.46. The normalized spacial score (nSPS) is 16.7. The summed E-state index contributed by atoms with van der Waals surface area (Å²) in [7, 11) is 2.18. The number of hydrogen-bond donors (Lipinski definition) is 2. The third kappa shape index (κ3) is 5.70. The number of aromatic nitrogens is 2. The molecule has 3 N–H and O–H groups in total. The highest BCUT2D eigenvalue weighted by Gasteiger charge is 2.17. The third-order valence-corrected chi connectivity index (χ3v) is 5.46. The van der Waals surface area contributed by atoms with Gasteiger partial charge in [0.25, 0.3) is 0 Å². The topological polar surface area (TPSA) is 74.2 Å². The van der Waals surface area contributed by atoms with Gasteiger partial charge in [-0.2, -0.15) is 5.10 Å². The number of aliphatic imine (C=N–C) groups is 1. The van der Waals surface area contributed by atoms with Crippen LogP contribution in [-0.2, 0) is 0 Å². The van der Waals surface area contributed by atoms with E-state index in [2.05, 4.69) is 52.7 Å². The minimum Gasteiger partial charge on any atom is -0.398 e. The van der Waals surface area contributed by atoms with Crippen LogP contribution in [-0.4, -0.2) is 71.9 Å². The van der Waals surface area contributed by atoms with E-state index in [9.17, 15) is 0 Å². The summed E-state index contributed by atoms with van der Waals surface area (Å²) in [4.78, 5) is 9.28. The SMILES string of the molecule is C=C(/N=C\C=C(/N)c1c(C(C)C)nn2ccccc12)NCCCN1CCN(C)CC1. The van der Waals surface area contributed by atoms with Gasteiger partial charge in [0.1, 0.15) is 5.82 Å². The number of fused-ring (bicyclic) bond motifs is 1. The molecule has 2 aromatic rings. The van der Waals surface area contributed by atoms with Crippen LogP contribution in [0.4, 0.5) is 0 Å². The first-order valence-electron chi connectivity index (χ1n) is 10.8. The molecule has 0 saturated carbocycles. The fraction of sp³-hybridized carbons (Fsp3) is 0.478. The Labute approximate surface area is 179 Å². The molecule has 162 valence electrons.